The van der Waals surface area contributed by atoms with E-state index in [2.05, 4.69) is 20.9 Å². The number of hydrogen-bond donors (Lipinski definition) is 0. The van der Waals surface area contributed by atoms with Gasteiger partial charge in [-0.1, -0.05) is 6.07 Å². The minimum Gasteiger partial charge on any atom is -0.341 e. The van der Waals surface area contributed by atoms with Gasteiger partial charge in [-0.2, -0.15) is 0 Å². The molecule has 0 bridgehead atoms. The van der Waals surface area contributed by atoms with Crippen LogP contribution in [0.25, 0.3) is 0 Å². The first kappa shape index (κ1) is 14.7. The zero-order valence-electron chi connectivity index (χ0n) is 11.0. The molecule has 0 unspecified atom stereocenters. The molecular formula is C15H14BrFN2O. The molecule has 0 saturated heterocycles. The van der Waals surface area contributed by atoms with Gasteiger partial charge >= 0.3 is 0 Å². The number of carbonyl (C=O) groups is 1. The van der Waals surface area contributed by atoms with Crippen molar-refractivity contribution >= 4 is 21.8 Å². The molecule has 0 fully saturated rings. The Bertz CT molecular complexity index is 604. The molecule has 2 rings (SSSR count). The van der Waals surface area contributed by atoms with Crippen molar-refractivity contribution in [3.05, 3.63) is 64.1 Å². The maximum Gasteiger partial charge on any atom is 0.227 e. The van der Waals surface area contributed by atoms with Crippen molar-refractivity contribution in [3.8, 4) is 0 Å². The average molecular weight is 337 g/mol. The van der Waals surface area contributed by atoms with Crippen LogP contribution in [0.5, 0.6) is 0 Å². The molecule has 2 aromatic rings. The molecule has 0 spiro atoms. The number of likely N-dealkylation sites (N-methyl/N-ethyl adjacent to an activating group) is 1. The van der Waals surface area contributed by atoms with Crippen LogP contribution >= 0.6 is 15.9 Å². The molecule has 1 heterocycles. The Morgan fingerprint density at radius 2 is 1.95 bits per heavy atom. The van der Waals surface area contributed by atoms with E-state index in [1.807, 2.05) is 12.1 Å². The summed E-state index contributed by atoms with van der Waals surface area (Å²) in [7, 11) is 1.71. The maximum atomic E-state index is 13.4. The van der Waals surface area contributed by atoms with Gasteiger partial charge in [0.15, 0.2) is 0 Å². The number of aromatic nitrogens is 1. The van der Waals surface area contributed by atoms with Gasteiger partial charge in [-0.25, -0.2) is 4.39 Å². The standard InChI is InChI=1S/C15H14BrFN2O/c1-19(10-12-2-3-13(16)14(17)8-12)15(20)9-11-4-6-18-7-5-11/h2-8H,9-10H2,1H3. The third-order valence-electron chi connectivity index (χ3n) is 2.93. The summed E-state index contributed by atoms with van der Waals surface area (Å²) in [6, 6.07) is 8.49. The van der Waals surface area contributed by atoms with Crippen LogP contribution in [-0.4, -0.2) is 22.8 Å². The zero-order chi connectivity index (χ0) is 14.5. The van der Waals surface area contributed by atoms with Crippen molar-refractivity contribution in [2.45, 2.75) is 13.0 Å². The monoisotopic (exact) mass is 336 g/mol. The Hall–Kier alpha value is -1.75. The number of nitrogens with zero attached hydrogens (tertiary/aromatic N) is 2. The summed E-state index contributed by atoms with van der Waals surface area (Å²) in [6.07, 6.45) is 3.64. The summed E-state index contributed by atoms with van der Waals surface area (Å²) in [4.78, 5) is 17.6. The lowest BCUT2D eigenvalue weighted by molar-refractivity contribution is -0.129. The molecule has 1 aromatic heterocycles. The van der Waals surface area contributed by atoms with Gasteiger partial charge in [0.25, 0.3) is 0 Å². The van der Waals surface area contributed by atoms with Crippen LogP contribution < -0.4 is 0 Å². The van der Waals surface area contributed by atoms with Gasteiger partial charge in [-0.3, -0.25) is 9.78 Å². The highest BCUT2D eigenvalue weighted by atomic mass is 79.9. The van der Waals surface area contributed by atoms with E-state index in [-0.39, 0.29) is 11.7 Å². The number of halogens is 2. The lowest BCUT2D eigenvalue weighted by atomic mass is 10.1. The predicted molar refractivity (Wildman–Crippen MR) is 78.5 cm³/mol. The first-order chi connectivity index (χ1) is 9.56. The third kappa shape index (κ3) is 3.87. The van der Waals surface area contributed by atoms with Crippen molar-refractivity contribution in [1.29, 1.82) is 0 Å². The lowest BCUT2D eigenvalue weighted by Crippen LogP contribution is -2.27. The second-order valence-corrected chi connectivity index (χ2v) is 5.38. The first-order valence-electron chi connectivity index (χ1n) is 6.13. The second kappa shape index (κ2) is 6.61. The van der Waals surface area contributed by atoms with E-state index in [1.165, 1.54) is 6.07 Å². The van der Waals surface area contributed by atoms with Crippen LogP contribution in [-0.2, 0) is 17.8 Å². The number of amides is 1. The number of pyridine rings is 1. The molecule has 0 aliphatic heterocycles. The van der Waals surface area contributed by atoms with Crippen LogP contribution in [0.3, 0.4) is 0 Å². The molecule has 0 aliphatic rings. The minimum absolute atomic E-state index is 0.0143. The highest BCUT2D eigenvalue weighted by Crippen LogP contribution is 2.17. The molecule has 1 amide bonds. The van der Waals surface area contributed by atoms with Gasteiger partial charge in [0, 0.05) is 26.0 Å². The van der Waals surface area contributed by atoms with Crippen molar-refractivity contribution < 1.29 is 9.18 Å². The lowest BCUT2D eigenvalue weighted by Gasteiger charge is -2.17. The van der Waals surface area contributed by atoms with Crippen molar-refractivity contribution in [2.75, 3.05) is 7.05 Å². The zero-order valence-corrected chi connectivity index (χ0v) is 12.6. The number of benzene rings is 1. The molecule has 0 radical (unpaired) electrons. The highest BCUT2D eigenvalue weighted by molar-refractivity contribution is 9.10. The molecule has 0 N–H and O–H groups in total. The van der Waals surface area contributed by atoms with Crippen LogP contribution in [0, 0.1) is 5.82 Å². The first-order valence-corrected chi connectivity index (χ1v) is 6.92. The van der Waals surface area contributed by atoms with Crippen LogP contribution in [0.1, 0.15) is 11.1 Å². The molecular weight excluding hydrogens is 323 g/mol. The van der Waals surface area contributed by atoms with E-state index in [1.54, 1.807) is 36.5 Å². The average Bonchev–Trinajstić information content (AvgIpc) is 2.44. The van der Waals surface area contributed by atoms with E-state index in [0.29, 0.717) is 17.4 Å². The van der Waals surface area contributed by atoms with Crippen LogP contribution in [0.15, 0.2) is 47.2 Å². The summed E-state index contributed by atoms with van der Waals surface area (Å²) < 4.78 is 13.8. The molecule has 5 heteroatoms. The van der Waals surface area contributed by atoms with Gasteiger partial charge in [0.05, 0.1) is 10.9 Å². The minimum atomic E-state index is -0.322. The fraction of sp³-hybridized carbons (Fsp3) is 0.200. The summed E-state index contributed by atoms with van der Waals surface area (Å²) >= 11 is 3.11. The molecule has 20 heavy (non-hydrogen) atoms. The molecule has 3 nitrogen and oxygen atoms in total. The van der Waals surface area contributed by atoms with Gasteiger partial charge in [-0.15, -0.1) is 0 Å². The topological polar surface area (TPSA) is 33.2 Å². The quantitative estimate of drug-likeness (QED) is 0.859. The van der Waals surface area contributed by atoms with Crippen molar-refractivity contribution in [3.63, 3.8) is 0 Å². The van der Waals surface area contributed by atoms with E-state index in [4.69, 9.17) is 0 Å². The highest BCUT2D eigenvalue weighted by Gasteiger charge is 2.11. The van der Waals surface area contributed by atoms with Crippen molar-refractivity contribution in [2.24, 2.45) is 0 Å². The third-order valence-corrected chi connectivity index (χ3v) is 3.58. The molecule has 0 atom stereocenters. The summed E-state index contributed by atoms with van der Waals surface area (Å²) in [6.45, 7) is 0.383. The smallest absolute Gasteiger partial charge is 0.227 e. The van der Waals surface area contributed by atoms with E-state index in [9.17, 15) is 9.18 Å². The Morgan fingerprint density at radius 1 is 1.25 bits per heavy atom. The van der Waals surface area contributed by atoms with Crippen molar-refractivity contribution in [1.82, 2.24) is 9.88 Å². The van der Waals surface area contributed by atoms with E-state index < -0.39 is 0 Å². The molecule has 0 saturated carbocycles. The number of carbonyl (C=O) groups excluding carboxylic acids is 1. The second-order valence-electron chi connectivity index (χ2n) is 4.53. The molecule has 104 valence electrons. The van der Waals surface area contributed by atoms with Gasteiger partial charge < -0.3 is 4.90 Å². The summed E-state index contributed by atoms with van der Waals surface area (Å²) in [5.74, 6) is -0.336. The van der Waals surface area contributed by atoms with Crippen LogP contribution in [0.2, 0.25) is 0 Å². The normalized spacial score (nSPS) is 10.3. The van der Waals surface area contributed by atoms with Crippen LogP contribution in [0.4, 0.5) is 4.39 Å². The fourth-order valence-corrected chi connectivity index (χ4v) is 2.06. The van der Waals surface area contributed by atoms with Gasteiger partial charge in [-0.05, 0) is 51.3 Å². The molecule has 0 aliphatic carbocycles. The summed E-state index contributed by atoms with van der Waals surface area (Å²) in [5, 5.41) is 0. The Kier molecular flexibility index (Phi) is 4.84. The molecule has 1 aromatic carbocycles. The Morgan fingerprint density at radius 3 is 2.60 bits per heavy atom. The summed E-state index contributed by atoms with van der Waals surface area (Å²) in [5.41, 5.74) is 1.68. The maximum absolute atomic E-state index is 13.4. The number of hydrogen-bond acceptors (Lipinski definition) is 2. The fourth-order valence-electron chi connectivity index (χ4n) is 1.81. The largest absolute Gasteiger partial charge is 0.341 e. The number of rotatable bonds is 4. The Balaban J connectivity index is 1.98. The predicted octanol–water partition coefficient (Wildman–Crippen LogP) is 3.18. The van der Waals surface area contributed by atoms with E-state index >= 15 is 0 Å². The Labute approximate surface area is 125 Å². The van der Waals surface area contributed by atoms with Gasteiger partial charge in [0.2, 0.25) is 5.91 Å². The SMILES string of the molecule is CN(Cc1ccc(Br)c(F)c1)C(=O)Cc1ccncc1. The van der Waals surface area contributed by atoms with Gasteiger partial charge in [0.1, 0.15) is 5.82 Å². The van der Waals surface area contributed by atoms with E-state index in [0.717, 1.165) is 11.1 Å².